The summed E-state index contributed by atoms with van der Waals surface area (Å²) in [6.45, 7) is 0.658. The predicted molar refractivity (Wildman–Crippen MR) is 113 cm³/mol. The van der Waals surface area contributed by atoms with Crippen LogP contribution in [0, 0.1) is 0 Å². The van der Waals surface area contributed by atoms with Crippen molar-refractivity contribution in [2.75, 3.05) is 0 Å². The Morgan fingerprint density at radius 2 is 1.72 bits per heavy atom. The highest BCUT2D eigenvalue weighted by molar-refractivity contribution is 5.78. The van der Waals surface area contributed by atoms with Crippen LogP contribution in [-0.4, -0.2) is 26.4 Å². The summed E-state index contributed by atoms with van der Waals surface area (Å²) in [5, 5.41) is 0.665. The van der Waals surface area contributed by atoms with Gasteiger partial charge in [0.25, 0.3) is 5.56 Å². The van der Waals surface area contributed by atoms with Crippen molar-refractivity contribution in [2.24, 2.45) is 0 Å². The molecule has 0 spiro atoms. The summed E-state index contributed by atoms with van der Waals surface area (Å²) < 4.78 is 1.84. The summed E-state index contributed by atoms with van der Waals surface area (Å²) in [5.41, 5.74) is 1.91. The first-order valence-corrected chi connectivity index (χ1v) is 10.5. The number of fused-ring (bicyclic) bond motifs is 1. The summed E-state index contributed by atoms with van der Waals surface area (Å²) in [7, 11) is 0. The highest BCUT2D eigenvalue weighted by Crippen LogP contribution is 2.35. The predicted octanol–water partition coefficient (Wildman–Crippen LogP) is 3.86. The van der Waals surface area contributed by atoms with Crippen molar-refractivity contribution >= 4 is 16.8 Å². The number of nitrogens with zero attached hydrogens (tertiary/aromatic N) is 3. The molecule has 0 unspecified atom stereocenters. The molecule has 2 saturated carbocycles. The maximum atomic E-state index is 13.1. The van der Waals surface area contributed by atoms with Crippen molar-refractivity contribution in [3.63, 3.8) is 0 Å². The molecule has 148 valence electrons. The summed E-state index contributed by atoms with van der Waals surface area (Å²) >= 11 is 0. The molecule has 2 aromatic carbocycles. The van der Waals surface area contributed by atoms with Gasteiger partial charge < -0.3 is 4.90 Å². The molecule has 0 N–H and O–H groups in total. The lowest BCUT2D eigenvalue weighted by molar-refractivity contribution is -0.132. The summed E-state index contributed by atoms with van der Waals surface area (Å²) in [6.07, 6.45) is 5.10. The zero-order valence-electron chi connectivity index (χ0n) is 16.5. The largest absolute Gasteiger partial charge is 0.335 e. The van der Waals surface area contributed by atoms with Gasteiger partial charge >= 0.3 is 0 Å². The molecule has 2 aliphatic carbocycles. The zero-order valence-corrected chi connectivity index (χ0v) is 16.5. The molecule has 3 aromatic rings. The highest BCUT2D eigenvalue weighted by atomic mass is 16.2. The van der Waals surface area contributed by atoms with E-state index in [0.717, 1.165) is 42.6 Å². The number of aryl methyl sites for hydroxylation is 1. The minimum Gasteiger partial charge on any atom is -0.335 e. The van der Waals surface area contributed by atoms with Gasteiger partial charge in [0.05, 0.1) is 10.9 Å². The molecule has 1 heterocycles. The number of hydrogen-bond acceptors (Lipinski definition) is 3. The summed E-state index contributed by atoms with van der Waals surface area (Å²) in [4.78, 5) is 32.8. The van der Waals surface area contributed by atoms with Crippen molar-refractivity contribution in [2.45, 2.75) is 57.2 Å². The second-order valence-corrected chi connectivity index (χ2v) is 8.19. The first-order chi connectivity index (χ1) is 14.2. The molecule has 5 rings (SSSR count). The normalized spacial score (nSPS) is 16.1. The second kappa shape index (κ2) is 7.47. The van der Waals surface area contributed by atoms with Crippen molar-refractivity contribution < 1.29 is 4.79 Å². The lowest BCUT2D eigenvalue weighted by Crippen LogP contribution is -2.33. The third-order valence-electron chi connectivity index (χ3n) is 5.86. The summed E-state index contributed by atoms with van der Waals surface area (Å²) in [6, 6.07) is 18.3. The molecular formula is C24H25N3O2. The topological polar surface area (TPSA) is 55.2 Å². The maximum absolute atomic E-state index is 13.1. The number of benzene rings is 2. The fraction of sp³-hybridized carbons (Fsp3) is 0.375. The maximum Gasteiger partial charge on any atom is 0.261 e. The van der Waals surface area contributed by atoms with Crippen molar-refractivity contribution in [3.05, 3.63) is 76.3 Å². The van der Waals surface area contributed by atoms with Gasteiger partial charge in [-0.1, -0.05) is 42.5 Å². The molecule has 0 atom stereocenters. The van der Waals surface area contributed by atoms with E-state index < -0.39 is 0 Å². The number of carbonyl (C=O) groups excluding carboxylic acids is 1. The molecule has 0 bridgehead atoms. The minimum atomic E-state index is 0.0314. The van der Waals surface area contributed by atoms with E-state index in [2.05, 4.69) is 12.1 Å². The van der Waals surface area contributed by atoms with E-state index in [9.17, 15) is 9.59 Å². The molecule has 1 aromatic heterocycles. The Balaban J connectivity index is 1.37. The van der Waals surface area contributed by atoms with Crippen LogP contribution in [0.2, 0.25) is 0 Å². The van der Waals surface area contributed by atoms with Crippen LogP contribution >= 0.6 is 0 Å². The Morgan fingerprint density at radius 3 is 2.45 bits per heavy atom. The van der Waals surface area contributed by atoms with E-state index in [1.807, 2.05) is 51.9 Å². The molecule has 2 fully saturated rings. The Hall–Kier alpha value is -2.95. The van der Waals surface area contributed by atoms with Gasteiger partial charge in [-0.25, -0.2) is 4.98 Å². The first kappa shape index (κ1) is 18.1. The average molecular weight is 387 g/mol. The molecule has 5 heteroatoms. The van der Waals surface area contributed by atoms with Crippen LogP contribution in [0.15, 0.2) is 59.4 Å². The second-order valence-electron chi connectivity index (χ2n) is 8.19. The molecule has 0 aliphatic heterocycles. The van der Waals surface area contributed by atoms with Crippen LogP contribution in [-0.2, 0) is 17.8 Å². The van der Waals surface area contributed by atoms with Crippen LogP contribution in [0.4, 0.5) is 0 Å². The quantitative estimate of drug-likeness (QED) is 0.619. The van der Waals surface area contributed by atoms with Crippen molar-refractivity contribution in [1.82, 2.24) is 14.5 Å². The molecule has 0 radical (unpaired) electrons. The van der Waals surface area contributed by atoms with Gasteiger partial charge in [-0.05, 0) is 43.4 Å². The fourth-order valence-electron chi connectivity index (χ4n) is 4.03. The monoisotopic (exact) mass is 387 g/mol. The molecule has 0 saturated heterocycles. The highest BCUT2D eigenvalue weighted by Gasteiger charge is 2.33. The molecule has 5 nitrogen and oxygen atoms in total. The van der Waals surface area contributed by atoms with Crippen LogP contribution in [0.25, 0.3) is 10.9 Å². The summed E-state index contributed by atoms with van der Waals surface area (Å²) in [5.74, 6) is 0.904. The van der Waals surface area contributed by atoms with Gasteiger partial charge in [0.1, 0.15) is 5.82 Å². The fourth-order valence-corrected chi connectivity index (χ4v) is 4.03. The van der Waals surface area contributed by atoms with E-state index in [-0.39, 0.29) is 17.5 Å². The van der Waals surface area contributed by atoms with E-state index in [4.69, 9.17) is 4.98 Å². The van der Waals surface area contributed by atoms with Gasteiger partial charge in [0.2, 0.25) is 5.91 Å². The van der Waals surface area contributed by atoms with Crippen LogP contribution in [0.3, 0.4) is 0 Å². The van der Waals surface area contributed by atoms with E-state index in [1.165, 1.54) is 0 Å². The van der Waals surface area contributed by atoms with Crippen molar-refractivity contribution in [3.8, 4) is 0 Å². The van der Waals surface area contributed by atoms with Gasteiger partial charge in [-0.3, -0.25) is 14.2 Å². The molecule has 29 heavy (non-hydrogen) atoms. The van der Waals surface area contributed by atoms with Crippen LogP contribution < -0.4 is 5.56 Å². The third kappa shape index (κ3) is 3.82. The zero-order chi connectivity index (χ0) is 19.8. The number of para-hydroxylation sites is 1. The van der Waals surface area contributed by atoms with Gasteiger partial charge in [0, 0.05) is 31.5 Å². The number of aromatic nitrogens is 2. The van der Waals surface area contributed by atoms with Crippen molar-refractivity contribution in [1.29, 1.82) is 0 Å². The standard InChI is InChI=1S/C24H25N3O2/c28-23(26(18-10-11-18)16-17-6-2-1-3-7-17)15-14-22-25-21-9-5-4-8-20(21)24(29)27(22)19-12-13-19/h1-9,18-19H,10-16H2. The molecule has 2 aliphatic rings. The minimum absolute atomic E-state index is 0.0314. The molecular weight excluding hydrogens is 362 g/mol. The van der Waals surface area contributed by atoms with Crippen LogP contribution in [0.5, 0.6) is 0 Å². The van der Waals surface area contributed by atoms with Crippen LogP contribution in [0.1, 0.15) is 49.5 Å². The Bertz CT molecular complexity index is 1100. The third-order valence-corrected chi connectivity index (χ3v) is 5.86. The van der Waals surface area contributed by atoms with Gasteiger partial charge in [-0.15, -0.1) is 0 Å². The lowest BCUT2D eigenvalue weighted by atomic mass is 10.1. The van der Waals surface area contributed by atoms with E-state index in [0.29, 0.717) is 30.8 Å². The smallest absolute Gasteiger partial charge is 0.261 e. The number of amides is 1. The molecule has 1 amide bonds. The Labute approximate surface area is 170 Å². The average Bonchev–Trinajstić information content (AvgIpc) is 3.65. The number of rotatable bonds is 7. The number of hydrogen-bond donors (Lipinski definition) is 0. The SMILES string of the molecule is O=C(CCc1nc2ccccc2c(=O)n1C1CC1)N(Cc1ccccc1)C1CC1. The lowest BCUT2D eigenvalue weighted by Gasteiger charge is -2.23. The van der Waals surface area contributed by atoms with E-state index >= 15 is 0 Å². The van der Waals surface area contributed by atoms with Gasteiger partial charge in [-0.2, -0.15) is 0 Å². The Morgan fingerprint density at radius 1 is 1.00 bits per heavy atom. The van der Waals surface area contributed by atoms with E-state index in [1.54, 1.807) is 0 Å². The Kier molecular flexibility index (Phi) is 4.66. The number of carbonyl (C=O) groups is 1. The van der Waals surface area contributed by atoms with Gasteiger partial charge in [0.15, 0.2) is 0 Å². The first-order valence-electron chi connectivity index (χ1n) is 10.5.